The molecule has 0 spiro atoms. The van der Waals surface area contributed by atoms with Gasteiger partial charge in [0.1, 0.15) is 12.2 Å². The summed E-state index contributed by atoms with van der Waals surface area (Å²) in [5, 5.41) is 21.9. The highest BCUT2D eigenvalue weighted by atomic mass is 16.6. The summed E-state index contributed by atoms with van der Waals surface area (Å²) in [6, 6.07) is 6.77. The molecule has 8 nitrogen and oxygen atoms in total. The summed E-state index contributed by atoms with van der Waals surface area (Å²) in [4.78, 5) is 15.5. The molecule has 4 rings (SSSR count). The summed E-state index contributed by atoms with van der Waals surface area (Å²) in [6.45, 7) is 5.37. The summed E-state index contributed by atoms with van der Waals surface area (Å²) < 4.78 is 0. The third-order valence-corrected chi connectivity index (χ3v) is 5.37. The second-order valence-corrected chi connectivity index (χ2v) is 7.05. The predicted octanol–water partition coefficient (Wildman–Crippen LogP) is 2.67. The standard InChI is InChI=1S/C17H24N6O2/c24-23(25)15-7-5-14(6-8-15)22-17(21-11-3-4-12-21)16(18-19-22)13-20-9-1-2-10-20/h5-8,16-17H,1-4,9-13H2. The maximum atomic E-state index is 10.9. The first-order valence-electron chi connectivity index (χ1n) is 9.13. The van der Waals surface area contributed by atoms with Crippen molar-refractivity contribution in [3.05, 3.63) is 34.4 Å². The lowest BCUT2D eigenvalue weighted by molar-refractivity contribution is -0.384. The van der Waals surface area contributed by atoms with Gasteiger partial charge in [-0.15, -0.1) is 0 Å². The molecule has 8 heteroatoms. The average molecular weight is 344 g/mol. The van der Waals surface area contributed by atoms with Crippen LogP contribution in [0.2, 0.25) is 0 Å². The summed E-state index contributed by atoms with van der Waals surface area (Å²) in [7, 11) is 0. The van der Waals surface area contributed by atoms with E-state index in [-0.39, 0.29) is 22.8 Å². The zero-order valence-corrected chi connectivity index (χ0v) is 14.3. The minimum atomic E-state index is -0.372. The van der Waals surface area contributed by atoms with Crippen molar-refractivity contribution in [1.82, 2.24) is 9.80 Å². The molecular formula is C17H24N6O2. The molecule has 2 atom stereocenters. The van der Waals surface area contributed by atoms with Gasteiger partial charge in [-0.05, 0) is 50.9 Å². The van der Waals surface area contributed by atoms with Crippen LogP contribution in [-0.4, -0.2) is 59.7 Å². The highest BCUT2D eigenvalue weighted by molar-refractivity contribution is 5.51. The van der Waals surface area contributed by atoms with Gasteiger partial charge in [0.05, 0.1) is 10.6 Å². The molecule has 3 heterocycles. The molecular weight excluding hydrogens is 320 g/mol. The van der Waals surface area contributed by atoms with Crippen LogP contribution in [0.25, 0.3) is 0 Å². The molecule has 0 bridgehead atoms. The lowest BCUT2D eigenvalue weighted by atomic mass is 10.1. The van der Waals surface area contributed by atoms with E-state index in [2.05, 4.69) is 20.1 Å². The zero-order chi connectivity index (χ0) is 17.2. The molecule has 134 valence electrons. The highest BCUT2D eigenvalue weighted by Gasteiger charge is 2.40. The van der Waals surface area contributed by atoms with E-state index in [9.17, 15) is 10.1 Å². The van der Waals surface area contributed by atoms with Crippen LogP contribution in [0.5, 0.6) is 0 Å². The van der Waals surface area contributed by atoms with Gasteiger partial charge in [-0.2, -0.15) is 5.11 Å². The van der Waals surface area contributed by atoms with Crippen molar-refractivity contribution >= 4 is 11.4 Å². The van der Waals surface area contributed by atoms with Gasteiger partial charge in [0.25, 0.3) is 5.69 Å². The van der Waals surface area contributed by atoms with Crippen molar-refractivity contribution in [1.29, 1.82) is 0 Å². The van der Waals surface area contributed by atoms with E-state index in [0.29, 0.717) is 0 Å². The number of hydrogen-bond acceptors (Lipinski definition) is 7. The Balaban J connectivity index is 1.55. The quantitative estimate of drug-likeness (QED) is 0.606. The van der Waals surface area contributed by atoms with E-state index in [4.69, 9.17) is 0 Å². The molecule has 3 aliphatic heterocycles. The van der Waals surface area contributed by atoms with Crippen molar-refractivity contribution < 1.29 is 4.92 Å². The fourth-order valence-corrected chi connectivity index (χ4v) is 4.09. The third kappa shape index (κ3) is 3.36. The van der Waals surface area contributed by atoms with Crippen molar-refractivity contribution in [2.45, 2.75) is 37.9 Å². The average Bonchev–Trinajstić information content (AvgIpc) is 3.37. The monoisotopic (exact) mass is 344 g/mol. The normalized spacial score (nSPS) is 27.4. The second-order valence-electron chi connectivity index (χ2n) is 7.05. The number of nitro benzene ring substituents is 1. The van der Waals surface area contributed by atoms with Gasteiger partial charge >= 0.3 is 0 Å². The molecule has 0 N–H and O–H groups in total. The fourth-order valence-electron chi connectivity index (χ4n) is 4.09. The number of hydrogen-bond donors (Lipinski definition) is 0. The molecule has 25 heavy (non-hydrogen) atoms. The van der Waals surface area contributed by atoms with Crippen LogP contribution in [0.3, 0.4) is 0 Å². The summed E-state index contributed by atoms with van der Waals surface area (Å²) in [5.74, 6) is 0. The number of benzene rings is 1. The van der Waals surface area contributed by atoms with E-state index >= 15 is 0 Å². The second kappa shape index (κ2) is 7.05. The van der Waals surface area contributed by atoms with E-state index in [1.165, 1.54) is 25.7 Å². The maximum absolute atomic E-state index is 10.9. The Kier molecular flexibility index (Phi) is 4.63. The molecule has 1 aromatic carbocycles. The van der Waals surface area contributed by atoms with E-state index in [1.54, 1.807) is 24.3 Å². The molecule has 1 aromatic rings. The largest absolute Gasteiger partial charge is 0.301 e. The summed E-state index contributed by atoms with van der Waals surface area (Å²) in [5.41, 5.74) is 0.974. The van der Waals surface area contributed by atoms with Crippen molar-refractivity contribution in [3.63, 3.8) is 0 Å². The topological polar surface area (TPSA) is 77.6 Å². The van der Waals surface area contributed by atoms with Crippen molar-refractivity contribution in [2.24, 2.45) is 10.3 Å². The van der Waals surface area contributed by atoms with Gasteiger partial charge < -0.3 is 4.90 Å². The van der Waals surface area contributed by atoms with E-state index in [0.717, 1.165) is 38.4 Å². The molecule has 0 amide bonds. The summed E-state index contributed by atoms with van der Waals surface area (Å²) in [6.07, 6.45) is 5.07. The Morgan fingerprint density at radius 3 is 2.32 bits per heavy atom. The smallest absolute Gasteiger partial charge is 0.269 e. The van der Waals surface area contributed by atoms with Gasteiger partial charge in [-0.3, -0.25) is 15.0 Å². The lowest BCUT2D eigenvalue weighted by Crippen LogP contribution is -2.51. The number of nitro groups is 1. The molecule has 2 saturated heterocycles. The molecule has 0 saturated carbocycles. The van der Waals surface area contributed by atoms with Gasteiger partial charge in [0.2, 0.25) is 0 Å². The molecule has 0 radical (unpaired) electrons. The minimum Gasteiger partial charge on any atom is -0.301 e. The molecule has 2 unspecified atom stereocenters. The highest BCUT2D eigenvalue weighted by Crippen LogP contribution is 2.32. The van der Waals surface area contributed by atoms with Gasteiger partial charge in [0.15, 0.2) is 0 Å². The Labute approximate surface area is 147 Å². The first kappa shape index (κ1) is 16.4. The van der Waals surface area contributed by atoms with Crippen LogP contribution in [0, 0.1) is 10.1 Å². The lowest BCUT2D eigenvalue weighted by Gasteiger charge is -2.34. The SMILES string of the molecule is O=[N+]([O-])c1ccc(N2N=NC(CN3CCCC3)C2N2CCCC2)cc1. The Hall–Kier alpha value is -2.06. The molecule has 2 fully saturated rings. The first-order valence-corrected chi connectivity index (χ1v) is 9.13. The number of anilines is 1. The first-order chi connectivity index (χ1) is 12.2. The predicted molar refractivity (Wildman–Crippen MR) is 94.5 cm³/mol. The van der Waals surface area contributed by atoms with Gasteiger partial charge in [0, 0.05) is 31.8 Å². The number of rotatable bonds is 5. The Morgan fingerprint density at radius 2 is 1.68 bits per heavy atom. The third-order valence-electron chi connectivity index (χ3n) is 5.37. The molecule has 0 aliphatic carbocycles. The van der Waals surface area contributed by atoms with Crippen molar-refractivity contribution in [2.75, 3.05) is 37.7 Å². The number of nitrogens with zero attached hydrogens (tertiary/aromatic N) is 6. The molecule has 3 aliphatic rings. The fraction of sp³-hybridized carbons (Fsp3) is 0.647. The summed E-state index contributed by atoms with van der Waals surface area (Å²) >= 11 is 0. The maximum Gasteiger partial charge on any atom is 0.269 e. The van der Waals surface area contributed by atoms with E-state index in [1.807, 2.05) is 5.01 Å². The minimum absolute atomic E-state index is 0.103. The zero-order valence-electron chi connectivity index (χ0n) is 14.3. The Bertz CT molecular complexity index is 637. The van der Waals surface area contributed by atoms with Crippen LogP contribution in [0.15, 0.2) is 34.6 Å². The molecule has 0 aromatic heterocycles. The van der Waals surface area contributed by atoms with Gasteiger partial charge in [-0.1, -0.05) is 5.22 Å². The van der Waals surface area contributed by atoms with Gasteiger partial charge in [-0.25, -0.2) is 5.01 Å². The number of likely N-dealkylation sites (tertiary alicyclic amines) is 2. The van der Waals surface area contributed by atoms with Crippen molar-refractivity contribution in [3.8, 4) is 0 Å². The Morgan fingerprint density at radius 1 is 1.04 bits per heavy atom. The van der Waals surface area contributed by atoms with Crippen LogP contribution >= 0.6 is 0 Å². The van der Waals surface area contributed by atoms with Crippen LogP contribution < -0.4 is 5.01 Å². The van der Waals surface area contributed by atoms with E-state index < -0.39 is 0 Å². The van der Waals surface area contributed by atoms with Crippen LogP contribution in [0.4, 0.5) is 11.4 Å². The number of non-ortho nitro benzene ring substituents is 1. The van der Waals surface area contributed by atoms with Crippen LogP contribution in [0.1, 0.15) is 25.7 Å². The van der Waals surface area contributed by atoms with Crippen LogP contribution in [-0.2, 0) is 0 Å².